The number of amides is 2. The van der Waals surface area contributed by atoms with E-state index in [1.807, 2.05) is 9.80 Å². The highest BCUT2D eigenvalue weighted by Crippen LogP contribution is 2.22. The normalized spacial score (nSPS) is 23.7. The third-order valence-electron chi connectivity index (χ3n) is 6.45. The lowest BCUT2D eigenvalue weighted by Crippen LogP contribution is -2.57. The number of hydrogen-bond donors (Lipinski definition) is 2. The number of carbonyl (C=O) groups excluding carboxylic acids is 3. The lowest BCUT2D eigenvalue weighted by Gasteiger charge is -2.43. The van der Waals surface area contributed by atoms with Gasteiger partial charge < -0.3 is 25.6 Å². The molecule has 3 aliphatic heterocycles. The Kier molecular flexibility index (Phi) is 7.85. The molecule has 1 atom stereocenters. The van der Waals surface area contributed by atoms with Crippen molar-refractivity contribution >= 4 is 17.8 Å². The van der Waals surface area contributed by atoms with Crippen molar-refractivity contribution in [2.24, 2.45) is 11.7 Å². The number of nitrogens with zero attached hydrogens (tertiary/aromatic N) is 3. The van der Waals surface area contributed by atoms with E-state index in [4.69, 9.17) is 10.5 Å². The van der Waals surface area contributed by atoms with E-state index < -0.39 is 12.1 Å². The van der Waals surface area contributed by atoms with Crippen molar-refractivity contribution in [1.29, 1.82) is 0 Å². The summed E-state index contributed by atoms with van der Waals surface area (Å²) in [5.74, 6) is -0.812. The Morgan fingerprint density at radius 1 is 0.966 bits per heavy atom. The van der Waals surface area contributed by atoms with Crippen molar-refractivity contribution in [2.45, 2.75) is 44.8 Å². The SMILES string of the molecule is CC(OC(=O)CN)C(=O)C1CCN(C(=O)N2CCN(C3CCNCC3)CC2)CC1. The second-order valence-corrected chi connectivity index (χ2v) is 8.29. The van der Waals surface area contributed by atoms with Gasteiger partial charge in [-0.15, -0.1) is 0 Å². The number of hydrogen-bond acceptors (Lipinski definition) is 7. The van der Waals surface area contributed by atoms with Gasteiger partial charge in [0.2, 0.25) is 0 Å². The molecule has 0 bridgehead atoms. The number of esters is 1. The summed E-state index contributed by atoms with van der Waals surface area (Å²) in [5, 5.41) is 3.40. The minimum atomic E-state index is -0.777. The number of urea groups is 1. The molecule has 1 unspecified atom stereocenters. The summed E-state index contributed by atoms with van der Waals surface area (Å²) in [5.41, 5.74) is 5.23. The van der Waals surface area contributed by atoms with Crippen LogP contribution < -0.4 is 11.1 Å². The first-order valence-corrected chi connectivity index (χ1v) is 10.9. The average Bonchev–Trinajstić information content (AvgIpc) is 2.78. The molecule has 0 aromatic heterocycles. The largest absolute Gasteiger partial charge is 0.454 e. The number of nitrogens with one attached hydrogen (secondary N) is 1. The zero-order valence-corrected chi connectivity index (χ0v) is 17.5. The van der Waals surface area contributed by atoms with Crippen LogP contribution in [0.2, 0.25) is 0 Å². The van der Waals surface area contributed by atoms with Crippen LogP contribution in [0.3, 0.4) is 0 Å². The highest BCUT2D eigenvalue weighted by atomic mass is 16.5. The Morgan fingerprint density at radius 3 is 2.14 bits per heavy atom. The number of Topliss-reactive ketones (excluding diaryl/α,β-unsaturated/α-hetero) is 1. The molecule has 2 amide bonds. The van der Waals surface area contributed by atoms with Gasteiger partial charge in [0.15, 0.2) is 11.9 Å². The fourth-order valence-corrected chi connectivity index (χ4v) is 4.64. The molecule has 0 saturated carbocycles. The first-order valence-electron chi connectivity index (χ1n) is 10.9. The van der Waals surface area contributed by atoms with Gasteiger partial charge in [-0.1, -0.05) is 0 Å². The fourth-order valence-electron chi connectivity index (χ4n) is 4.64. The van der Waals surface area contributed by atoms with Crippen LogP contribution in [0.1, 0.15) is 32.6 Å². The molecule has 0 aliphatic carbocycles. The number of likely N-dealkylation sites (tertiary alicyclic amines) is 1. The fraction of sp³-hybridized carbons (Fsp3) is 0.850. The van der Waals surface area contributed by atoms with Crippen molar-refractivity contribution < 1.29 is 19.1 Å². The summed E-state index contributed by atoms with van der Waals surface area (Å²) >= 11 is 0. The van der Waals surface area contributed by atoms with Crippen LogP contribution in [0.4, 0.5) is 4.79 Å². The number of carbonyl (C=O) groups is 3. The monoisotopic (exact) mass is 409 g/mol. The standard InChI is InChI=1S/C20H35N5O4/c1-15(29-18(26)14-21)19(27)16-4-8-24(9-5-16)20(28)25-12-10-23(11-13-25)17-2-6-22-7-3-17/h15-17,22H,2-14,21H2,1H3. The van der Waals surface area contributed by atoms with Crippen molar-refractivity contribution in [2.75, 3.05) is 58.9 Å². The second kappa shape index (κ2) is 10.4. The molecule has 3 rings (SSSR count). The molecule has 29 heavy (non-hydrogen) atoms. The average molecular weight is 410 g/mol. The zero-order valence-electron chi connectivity index (χ0n) is 17.5. The minimum absolute atomic E-state index is 0.0746. The summed E-state index contributed by atoms with van der Waals surface area (Å²) in [6, 6.07) is 0.731. The van der Waals surface area contributed by atoms with Gasteiger partial charge in [-0.25, -0.2) is 4.79 Å². The number of piperazine rings is 1. The molecule has 9 nitrogen and oxygen atoms in total. The molecule has 3 fully saturated rings. The second-order valence-electron chi connectivity index (χ2n) is 8.29. The first kappa shape index (κ1) is 22.0. The van der Waals surface area contributed by atoms with Crippen molar-refractivity contribution in [1.82, 2.24) is 20.0 Å². The van der Waals surface area contributed by atoms with Crippen molar-refractivity contribution in [3.63, 3.8) is 0 Å². The Hall–Kier alpha value is -1.71. The molecular weight excluding hydrogens is 374 g/mol. The van der Waals surface area contributed by atoms with Gasteiger partial charge in [0, 0.05) is 51.2 Å². The number of nitrogens with two attached hydrogens (primary N) is 1. The van der Waals surface area contributed by atoms with Crippen LogP contribution in [0.15, 0.2) is 0 Å². The molecule has 0 spiro atoms. The Morgan fingerprint density at radius 2 is 1.55 bits per heavy atom. The van der Waals surface area contributed by atoms with E-state index in [-0.39, 0.29) is 24.3 Å². The maximum atomic E-state index is 12.9. The molecule has 0 aromatic carbocycles. The van der Waals surface area contributed by atoms with Gasteiger partial charge in [0.25, 0.3) is 0 Å². The summed E-state index contributed by atoms with van der Waals surface area (Å²) in [6.45, 7) is 8.10. The maximum Gasteiger partial charge on any atom is 0.320 e. The molecular formula is C20H35N5O4. The van der Waals surface area contributed by atoms with Crippen LogP contribution >= 0.6 is 0 Å². The van der Waals surface area contributed by atoms with Gasteiger partial charge in [0.1, 0.15) is 0 Å². The van der Waals surface area contributed by atoms with Gasteiger partial charge >= 0.3 is 12.0 Å². The van der Waals surface area contributed by atoms with E-state index in [2.05, 4.69) is 10.2 Å². The molecule has 164 valence electrons. The van der Waals surface area contributed by atoms with E-state index in [0.29, 0.717) is 32.0 Å². The van der Waals surface area contributed by atoms with Crippen LogP contribution in [0, 0.1) is 5.92 Å². The number of ketones is 1. The summed E-state index contributed by atoms with van der Waals surface area (Å²) < 4.78 is 5.03. The molecule has 9 heteroatoms. The zero-order chi connectivity index (χ0) is 20.8. The predicted molar refractivity (Wildman–Crippen MR) is 108 cm³/mol. The number of piperidine rings is 2. The molecule has 3 N–H and O–H groups in total. The molecule has 3 heterocycles. The lowest BCUT2D eigenvalue weighted by atomic mass is 9.90. The van der Waals surface area contributed by atoms with Crippen LogP contribution in [0.25, 0.3) is 0 Å². The first-order chi connectivity index (χ1) is 14.0. The predicted octanol–water partition coefficient (Wildman–Crippen LogP) is -0.352. The van der Waals surface area contributed by atoms with E-state index in [1.165, 1.54) is 12.8 Å². The van der Waals surface area contributed by atoms with E-state index in [0.717, 1.165) is 39.3 Å². The summed E-state index contributed by atoms with van der Waals surface area (Å²) in [4.78, 5) is 43.0. The Balaban J connectivity index is 1.41. The van der Waals surface area contributed by atoms with Gasteiger partial charge in [0.05, 0.1) is 6.54 Å². The topological polar surface area (TPSA) is 108 Å². The molecule has 0 radical (unpaired) electrons. The van der Waals surface area contributed by atoms with Crippen LogP contribution in [-0.4, -0.2) is 104 Å². The van der Waals surface area contributed by atoms with Gasteiger partial charge in [-0.3, -0.25) is 14.5 Å². The third kappa shape index (κ3) is 5.67. The molecule has 3 aliphatic rings. The van der Waals surface area contributed by atoms with Crippen molar-refractivity contribution in [3.8, 4) is 0 Å². The highest BCUT2D eigenvalue weighted by Gasteiger charge is 2.34. The quantitative estimate of drug-likeness (QED) is 0.598. The molecule has 3 saturated heterocycles. The summed E-state index contributed by atoms with van der Waals surface area (Å²) in [6.07, 6.45) is 2.83. The number of ether oxygens (including phenoxy) is 1. The lowest BCUT2D eigenvalue weighted by molar-refractivity contribution is -0.154. The Bertz CT molecular complexity index is 579. The third-order valence-corrected chi connectivity index (χ3v) is 6.45. The van der Waals surface area contributed by atoms with Gasteiger partial charge in [-0.05, 0) is 45.7 Å². The van der Waals surface area contributed by atoms with E-state index in [1.54, 1.807) is 6.92 Å². The minimum Gasteiger partial charge on any atom is -0.454 e. The van der Waals surface area contributed by atoms with E-state index in [9.17, 15) is 14.4 Å². The smallest absolute Gasteiger partial charge is 0.320 e. The maximum absolute atomic E-state index is 12.9. The van der Waals surface area contributed by atoms with Crippen LogP contribution in [-0.2, 0) is 14.3 Å². The summed E-state index contributed by atoms with van der Waals surface area (Å²) in [7, 11) is 0. The van der Waals surface area contributed by atoms with Gasteiger partial charge in [-0.2, -0.15) is 0 Å². The van der Waals surface area contributed by atoms with E-state index >= 15 is 0 Å². The van der Waals surface area contributed by atoms with Crippen LogP contribution in [0.5, 0.6) is 0 Å². The Labute approximate surface area is 172 Å². The number of rotatable bonds is 5. The highest BCUT2D eigenvalue weighted by molar-refractivity contribution is 5.87. The van der Waals surface area contributed by atoms with Crippen molar-refractivity contribution in [3.05, 3.63) is 0 Å². The molecule has 0 aromatic rings.